The molecular weight excluding hydrogens is 246 g/mol. The molecule has 0 radical (unpaired) electrons. The van der Waals surface area contributed by atoms with E-state index in [2.05, 4.69) is 4.98 Å². The molecule has 0 unspecified atom stereocenters. The van der Waals surface area contributed by atoms with Crippen molar-refractivity contribution in [3.8, 4) is 0 Å². The van der Waals surface area contributed by atoms with Crippen LogP contribution in [0, 0.1) is 0 Å². The zero-order chi connectivity index (χ0) is 13.4. The monoisotopic (exact) mass is 261 g/mol. The minimum atomic E-state index is -0.524. The Morgan fingerprint density at radius 1 is 1.53 bits per heavy atom. The van der Waals surface area contributed by atoms with Gasteiger partial charge in [0.25, 0.3) is 11.9 Å². The fourth-order valence-electron chi connectivity index (χ4n) is 2.40. The highest BCUT2D eigenvalue weighted by Gasteiger charge is 2.23. The van der Waals surface area contributed by atoms with Gasteiger partial charge in [0.15, 0.2) is 5.58 Å². The first-order chi connectivity index (χ1) is 9.15. The molecule has 2 aromatic rings. The Bertz CT molecular complexity index is 623. The fraction of sp³-hybridized carbons (Fsp3) is 0.385. The van der Waals surface area contributed by atoms with Crippen molar-refractivity contribution in [2.75, 3.05) is 18.0 Å². The third-order valence-electron chi connectivity index (χ3n) is 3.34. The molecule has 6 heteroatoms. The van der Waals surface area contributed by atoms with E-state index in [0.717, 1.165) is 19.4 Å². The van der Waals surface area contributed by atoms with Gasteiger partial charge in [-0.05, 0) is 25.0 Å². The Labute approximate surface area is 109 Å². The lowest BCUT2D eigenvalue weighted by Gasteiger charge is -2.28. The average Bonchev–Trinajstić information content (AvgIpc) is 2.82. The Balaban J connectivity index is 2.01. The minimum absolute atomic E-state index is 0.352. The van der Waals surface area contributed by atoms with Crippen molar-refractivity contribution in [1.29, 1.82) is 0 Å². The highest BCUT2D eigenvalue weighted by molar-refractivity contribution is 6.03. The number of hydrogen-bond acceptors (Lipinski definition) is 5. The number of oxazole rings is 1. The van der Waals surface area contributed by atoms with E-state index in [1.807, 2.05) is 4.90 Å². The predicted molar refractivity (Wildman–Crippen MR) is 70.0 cm³/mol. The molecular formula is C13H15N3O3. The first kappa shape index (κ1) is 12.0. The Morgan fingerprint density at radius 2 is 2.37 bits per heavy atom. The first-order valence-electron chi connectivity index (χ1n) is 6.27. The summed E-state index contributed by atoms with van der Waals surface area (Å²) in [5.41, 5.74) is 6.68. The summed E-state index contributed by atoms with van der Waals surface area (Å²) in [6.07, 6.45) is 1.32. The lowest BCUT2D eigenvalue weighted by Crippen LogP contribution is -2.38. The molecule has 1 aromatic carbocycles. The number of benzene rings is 1. The van der Waals surface area contributed by atoms with Gasteiger partial charge in [-0.15, -0.1) is 0 Å². The second kappa shape index (κ2) is 4.55. The molecule has 1 aliphatic rings. The SMILES string of the molecule is NC(=O)c1cccc2oc(N3CCC[C@H](O)C3)nc12. The molecule has 3 rings (SSSR count). The summed E-state index contributed by atoms with van der Waals surface area (Å²) in [6.45, 7) is 1.29. The summed E-state index contributed by atoms with van der Waals surface area (Å²) in [4.78, 5) is 17.6. The number of primary amides is 1. The first-order valence-corrected chi connectivity index (χ1v) is 6.27. The lowest BCUT2D eigenvalue weighted by atomic mass is 10.1. The molecule has 6 nitrogen and oxygen atoms in total. The van der Waals surface area contributed by atoms with Crippen LogP contribution < -0.4 is 10.6 Å². The van der Waals surface area contributed by atoms with Gasteiger partial charge in [0, 0.05) is 13.1 Å². The number of fused-ring (bicyclic) bond motifs is 1. The Morgan fingerprint density at radius 3 is 3.11 bits per heavy atom. The molecule has 0 bridgehead atoms. The second-order valence-corrected chi connectivity index (χ2v) is 4.76. The third kappa shape index (κ3) is 2.15. The quantitative estimate of drug-likeness (QED) is 0.837. The maximum atomic E-state index is 11.3. The van der Waals surface area contributed by atoms with E-state index in [4.69, 9.17) is 10.2 Å². The van der Waals surface area contributed by atoms with E-state index in [0.29, 0.717) is 29.2 Å². The van der Waals surface area contributed by atoms with Crippen LogP contribution in [0.15, 0.2) is 22.6 Å². The van der Waals surface area contributed by atoms with Gasteiger partial charge in [0.05, 0.1) is 11.7 Å². The normalized spacial score (nSPS) is 19.8. The standard InChI is InChI=1S/C13H15N3O3/c14-12(18)9-4-1-5-10-11(9)15-13(19-10)16-6-2-3-8(17)7-16/h1,4-5,8,17H,2-3,6-7H2,(H2,14,18)/t8-/m0/s1. The molecule has 19 heavy (non-hydrogen) atoms. The third-order valence-corrected chi connectivity index (χ3v) is 3.34. The average molecular weight is 261 g/mol. The highest BCUT2D eigenvalue weighted by Crippen LogP contribution is 2.26. The number of nitrogens with two attached hydrogens (primary N) is 1. The second-order valence-electron chi connectivity index (χ2n) is 4.76. The van der Waals surface area contributed by atoms with Crippen molar-refractivity contribution in [3.63, 3.8) is 0 Å². The maximum Gasteiger partial charge on any atom is 0.298 e. The number of amides is 1. The van der Waals surface area contributed by atoms with Crippen LogP contribution in [0.5, 0.6) is 0 Å². The predicted octanol–water partition coefficient (Wildman–Crippen LogP) is 0.888. The summed E-state index contributed by atoms with van der Waals surface area (Å²) in [5, 5.41) is 9.67. The Hall–Kier alpha value is -2.08. The molecule has 100 valence electrons. The van der Waals surface area contributed by atoms with Crippen LogP contribution in [0.25, 0.3) is 11.1 Å². The molecule has 1 saturated heterocycles. The molecule has 1 fully saturated rings. The number of aromatic nitrogens is 1. The molecule has 2 heterocycles. The summed E-state index contributed by atoms with van der Waals surface area (Å²) in [5.74, 6) is -0.524. The highest BCUT2D eigenvalue weighted by atomic mass is 16.4. The van der Waals surface area contributed by atoms with E-state index < -0.39 is 5.91 Å². The molecule has 1 aliphatic heterocycles. The number of piperidine rings is 1. The maximum absolute atomic E-state index is 11.3. The number of β-amino-alcohol motifs (C(OH)–C–C–N with tert-alkyl or cyclic N) is 1. The van der Waals surface area contributed by atoms with Gasteiger partial charge >= 0.3 is 0 Å². The van der Waals surface area contributed by atoms with Gasteiger partial charge in [-0.25, -0.2) is 0 Å². The number of carbonyl (C=O) groups is 1. The van der Waals surface area contributed by atoms with E-state index >= 15 is 0 Å². The van der Waals surface area contributed by atoms with Gasteiger partial charge in [0.2, 0.25) is 0 Å². The molecule has 1 aromatic heterocycles. The van der Waals surface area contributed by atoms with E-state index in [1.165, 1.54) is 0 Å². The van der Waals surface area contributed by atoms with Gasteiger partial charge in [-0.1, -0.05) is 6.07 Å². The number of nitrogens with zero attached hydrogens (tertiary/aromatic N) is 2. The number of para-hydroxylation sites is 1. The lowest BCUT2D eigenvalue weighted by molar-refractivity contribution is 0.100. The largest absolute Gasteiger partial charge is 0.423 e. The molecule has 1 amide bonds. The van der Waals surface area contributed by atoms with Gasteiger partial charge in [-0.2, -0.15) is 4.98 Å². The van der Waals surface area contributed by atoms with Crippen molar-refractivity contribution in [1.82, 2.24) is 4.98 Å². The van der Waals surface area contributed by atoms with Crippen molar-refractivity contribution in [2.24, 2.45) is 5.73 Å². The zero-order valence-corrected chi connectivity index (χ0v) is 10.4. The van der Waals surface area contributed by atoms with Gasteiger partial charge < -0.3 is 20.2 Å². The summed E-state index contributed by atoms with van der Waals surface area (Å²) < 4.78 is 5.64. The summed E-state index contributed by atoms with van der Waals surface area (Å²) in [6, 6.07) is 5.52. The number of rotatable bonds is 2. The Kier molecular flexibility index (Phi) is 2.87. The van der Waals surface area contributed by atoms with Crippen LogP contribution in [-0.4, -0.2) is 35.2 Å². The van der Waals surface area contributed by atoms with Gasteiger partial charge in [-0.3, -0.25) is 4.79 Å². The van der Waals surface area contributed by atoms with E-state index in [9.17, 15) is 9.90 Å². The zero-order valence-electron chi connectivity index (χ0n) is 10.4. The van der Waals surface area contributed by atoms with Crippen LogP contribution in [0.2, 0.25) is 0 Å². The van der Waals surface area contributed by atoms with Crippen LogP contribution in [0.3, 0.4) is 0 Å². The molecule has 0 saturated carbocycles. The van der Waals surface area contributed by atoms with Crippen molar-refractivity contribution in [2.45, 2.75) is 18.9 Å². The smallest absolute Gasteiger partial charge is 0.298 e. The van der Waals surface area contributed by atoms with Crippen LogP contribution >= 0.6 is 0 Å². The number of hydrogen-bond donors (Lipinski definition) is 2. The number of aliphatic hydroxyl groups excluding tert-OH is 1. The molecule has 0 aliphatic carbocycles. The number of aliphatic hydroxyl groups is 1. The minimum Gasteiger partial charge on any atom is -0.423 e. The summed E-state index contributed by atoms with van der Waals surface area (Å²) in [7, 11) is 0. The van der Waals surface area contributed by atoms with E-state index in [-0.39, 0.29) is 6.10 Å². The number of anilines is 1. The van der Waals surface area contributed by atoms with Gasteiger partial charge in [0.1, 0.15) is 5.52 Å². The van der Waals surface area contributed by atoms with Crippen molar-refractivity contribution >= 4 is 23.0 Å². The van der Waals surface area contributed by atoms with Crippen molar-refractivity contribution in [3.05, 3.63) is 23.8 Å². The molecule has 3 N–H and O–H groups in total. The van der Waals surface area contributed by atoms with E-state index in [1.54, 1.807) is 18.2 Å². The fourth-order valence-corrected chi connectivity index (χ4v) is 2.40. The van der Waals surface area contributed by atoms with Crippen LogP contribution in [0.1, 0.15) is 23.2 Å². The van der Waals surface area contributed by atoms with Crippen molar-refractivity contribution < 1.29 is 14.3 Å². The summed E-state index contributed by atoms with van der Waals surface area (Å²) >= 11 is 0. The molecule has 0 spiro atoms. The topological polar surface area (TPSA) is 92.6 Å². The molecule has 1 atom stereocenters. The van der Waals surface area contributed by atoms with Crippen LogP contribution in [-0.2, 0) is 0 Å². The number of carbonyl (C=O) groups excluding carboxylic acids is 1. The van der Waals surface area contributed by atoms with Crippen LogP contribution in [0.4, 0.5) is 6.01 Å².